The van der Waals surface area contributed by atoms with Gasteiger partial charge in [-0.25, -0.2) is 0 Å². The second-order valence-corrected chi connectivity index (χ2v) is 6.15. The fraction of sp³-hybridized carbons (Fsp3) is 0.529. The second kappa shape index (κ2) is 6.29. The number of carboxylic acid groups (broad SMARTS) is 1. The van der Waals surface area contributed by atoms with Crippen molar-refractivity contribution in [2.75, 3.05) is 13.1 Å². The molecule has 2 rings (SSSR count). The predicted molar refractivity (Wildman–Crippen MR) is 81.1 cm³/mol. The lowest BCUT2D eigenvalue weighted by Gasteiger charge is -2.16. The number of carbonyl (C=O) groups excluding carboxylic acids is 1. The van der Waals surface area contributed by atoms with E-state index in [1.54, 1.807) is 4.90 Å². The third kappa shape index (κ3) is 3.63. The average Bonchev–Trinajstić information content (AvgIpc) is 2.80. The predicted octanol–water partition coefficient (Wildman–Crippen LogP) is 2.42. The highest BCUT2D eigenvalue weighted by Gasteiger charge is 2.36. The summed E-state index contributed by atoms with van der Waals surface area (Å²) >= 11 is 0. The molecule has 0 bridgehead atoms. The van der Waals surface area contributed by atoms with Gasteiger partial charge in [-0.1, -0.05) is 30.7 Å². The summed E-state index contributed by atoms with van der Waals surface area (Å²) in [5.74, 6) is -1.12. The summed E-state index contributed by atoms with van der Waals surface area (Å²) < 4.78 is 0. The lowest BCUT2D eigenvalue weighted by molar-refractivity contribution is -0.142. The highest BCUT2D eigenvalue weighted by molar-refractivity contribution is 5.79. The summed E-state index contributed by atoms with van der Waals surface area (Å²) in [6.45, 7) is 6.92. The van der Waals surface area contributed by atoms with E-state index in [1.165, 1.54) is 16.7 Å². The molecule has 4 nitrogen and oxygen atoms in total. The van der Waals surface area contributed by atoms with Crippen LogP contribution in [0, 0.1) is 25.7 Å². The zero-order chi connectivity index (χ0) is 15.6. The Morgan fingerprint density at radius 2 is 2.00 bits per heavy atom. The molecule has 1 amide bonds. The Hall–Kier alpha value is -1.84. The van der Waals surface area contributed by atoms with E-state index in [2.05, 4.69) is 32.0 Å². The van der Waals surface area contributed by atoms with Crippen LogP contribution in [-0.4, -0.2) is 35.0 Å². The Labute approximate surface area is 125 Å². The summed E-state index contributed by atoms with van der Waals surface area (Å²) in [6, 6.07) is 6.26. The van der Waals surface area contributed by atoms with E-state index in [4.69, 9.17) is 5.11 Å². The first kappa shape index (κ1) is 15.5. The Bertz CT molecular complexity index is 553. The fourth-order valence-corrected chi connectivity index (χ4v) is 3.02. The molecule has 1 N–H and O–H groups in total. The van der Waals surface area contributed by atoms with Gasteiger partial charge in [0, 0.05) is 19.5 Å². The summed E-state index contributed by atoms with van der Waals surface area (Å²) in [6.07, 6.45) is 1.16. The Morgan fingerprint density at radius 3 is 2.57 bits per heavy atom. The van der Waals surface area contributed by atoms with Crippen LogP contribution < -0.4 is 0 Å². The van der Waals surface area contributed by atoms with Gasteiger partial charge in [0.2, 0.25) is 5.91 Å². The van der Waals surface area contributed by atoms with Gasteiger partial charge in [0.15, 0.2) is 0 Å². The number of aliphatic carboxylic acids is 1. The molecule has 1 saturated heterocycles. The number of hydrogen-bond acceptors (Lipinski definition) is 2. The van der Waals surface area contributed by atoms with Crippen LogP contribution in [0.25, 0.3) is 0 Å². The van der Waals surface area contributed by atoms with Crippen molar-refractivity contribution in [1.29, 1.82) is 0 Å². The van der Waals surface area contributed by atoms with Crippen LogP contribution in [0.2, 0.25) is 0 Å². The maximum Gasteiger partial charge on any atom is 0.308 e. The van der Waals surface area contributed by atoms with Crippen molar-refractivity contribution in [3.8, 4) is 0 Å². The minimum atomic E-state index is -0.799. The monoisotopic (exact) mass is 289 g/mol. The van der Waals surface area contributed by atoms with E-state index in [1.807, 2.05) is 6.92 Å². The van der Waals surface area contributed by atoms with E-state index in [0.717, 1.165) is 0 Å². The number of aryl methyl sites for hydroxylation is 3. The van der Waals surface area contributed by atoms with Crippen molar-refractivity contribution in [3.05, 3.63) is 34.9 Å². The second-order valence-electron chi connectivity index (χ2n) is 6.15. The van der Waals surface area contributed by atoms with E-state index in [-0.39, 0.29) is 11.8 Å². The minimum Gasteiger partial charge on any atom is -0.481 e. The summed E-state index contributed by atoms with van der Waals surface area (Å²) in [7, 11) is 0. The zero-order valence-electron chi connectivity index (χ0n) is 12.9. The van der Waals surface area contributed by atoms with Gasteiger partial charge in [0.1, 0.15) is 0 Å². The first-order valence-electron chi connectivity index (χ1n) is 7.45. The van der Waals surface area contributed by atoms with Gasteiger partial charge in [0.25, 0.3) is 0 Å². The minimum absolute atomic E-state index is 0.0348. The van der Waals surface area contributed by atoms with Crippen LogP contribution in [0.1, 0.15) is 30.0 Å². The molecule has 2 atom stereocenters. The van der Waals surface area contributed by atoms with Crippen molar-refractivity contribution in [2.24, 2.45) is 11.8 Å². The molecule has 114 valence electrons. The van der Waals surface area contributed by atoms with E-state index in [9.17, 15) is 9.59 Å². The first-order chi connectivity index (χ1) is 9.88. The van der Waals surface area contributed by atoms with E-state index in [0.29, 0.717) is 25.9 Å². The first-order valence-corrected chi connectivity index (χ1v) is 7.45. The third-order valence-electron chi connectivity index (χ3n) is 4.39. The number of carboxylic acids is 1. The van der Waals surface area contributed by atoms with Crippen molar-refractivity contribution in [2.45, 2.75) is 33.6 Å². The van der Waals surface area contributed by atoms with Crippen LogP contribution in [0.15, 0.2) is 18.2 Å². The number of benzene rings is 1. The van der Waals surface area contributed by atoms with Gasteiger partial charge in [-0.05, 0) is 37.3 Å². The van der Waals surface area contributed by atoms with Gasteiger partial charge in [0.05, 0.1) is 5.92 Å². The summed E-state index contributed by atoms with van der Waals surface area (Å²) in [5.41, 5.74) is 3.62. The largest absolute Gasteiger partial charge is 0.481 e. The molecule has 1 aliphatic heterocycles. The molecule has 1 aliphatic rings. The van der Waals surface area contributed by atoms with Crippen LogP contribution in [-0.2, 0) is 16.0 Å². The Morgan fingerprint density at radius 1 is 1.29 bits per heavy atom. The molecule has 1 heterocycles. The molecule has 0 aliphatic carbocycles. The molecular weight excluding hydrogens is 266 g/mol. The molecule has 0 saturated carbocycles. The number of amides is 1. The number of rotatable bonds is 4. The van der Waals surface area contributed by atoms with Gasteiger partial charge in [-0.3, -0.25) is 9.59 Å². The molecule has 1 fully saturated rings. The van der Waals surface area contributed by atoms with Crippen LogP contribution >= 0.6 is 0 Å². The van der Waals surface area contributed by atoms with Crippen molar-refractivity contribution in [3.63, 3.8) is 0 Å². The molecule has 0 aromatic heterocycles. The van der Waals surface area contributed by atoms with Gasteiger partial charge >= 0.3 is 5.97 Å². The molecule has 1 aromatic carbocycles. The van der Waals surface area contributed by atoms with E-state index >= 15 is 0 Å². The number of hydrogen-bond donors (Lipinski definition) is 1. The van der Waals surface area contributed by atoms with E-state index < -0.39 is 11.9 Å². The molecule has 21 heavy (non-hydrogen) atoms. The van der Waals surface area contributed by atoms with Gasteiger partial charge in [-0.2, -0.15) is 0 Å². The molecule has 1 aromatic rings. The maximum absolute atomic E-state index is 12.2. The average molecular weight is 289 g/mol. The van der Waals surface area contributed by atoms with Crippen molar-refractivity contribution < 1.29 is 14.7 Å². The standard InChI is InChI=1S/C17H23NO3/c1-11-4-5-14(12(2)8-11)6-7-16(19)18-9-13(3)15(10-18)17(20)21/h4-5,8,13,15H,6-7,9-10H2,1-3H3,(H,20,21)/t13-,15-/m1/s1. The Balaban J connectivity index is 1.92. The lowest BCUT2D eigenvalue weighted by Crippen LogP contribution is -2.30. The highest BCUT2D eigenvalue weighted by atomic mass is 16.4. The fourth-order valence-electron chi connectivity index (χ4n) is 3.02. The summed E-state index contributed by atoms with van der Waals surface area (Å²) in [5, 5.41) is 9.12. The van der Waals surface area contributed by atoms with Crippen LogP contribution in [0.5, 0.6) is 0 Å². The lowest BCUT2D eigenvalue weighted by atomic mass is 9.99. The number of carbonyl (C=O) groups is 2. The smallest absolute Gasteiger partial charge is 0.308 e. The molecular formula is C17H23NO3. The summed E-state index contributed by atoms with van der Waals surface area (Å²) in [4.78, 5) is 25.0. The highest BCUT2D eigenvalue weighted by Crippen LogP contribution is 2.24. The normalized spacial score (nSPS) is 21.6. The van der Waals surface area contributed by atoms with Crippen LogP contribution in [0.3, 0.4) is 0 Å². The van der Waals surface area contributed by atoms with Crippen molar-refractivity contribution in [1.82, 2.24) is 4.90 Å². The van der Waals surface area contributed by atoms with Crippen molar-refractivity contribution >= 4 is 11.9 Å². The molecule has 4 heteroatoms. The molecule has 0 spiro atoms. The SMILES string of the molecule is Cc1ccc(CCC(=O)N2C[C@@H](C)[C@H](C(=O)O)C2)c(C)c1. The third-order valence-corrected chi connectivity index (χ3v) is 4.39. The zero-order valence-corrected chi connectivity index (χ0v) is 12.9. The molecule has 0 unspecified atom stereocenters. The number of nitrogens with zero attached hydrogens (tertiary/aromatic N) is 1. The topological polar surface area (TPSA) is 57.6 Å². The quantitative estimate of drug-likeness (QED) is 0.926. The Kier molecular flexibility index (Phi) is 4.66. The molecule has 0 radical (unpaired) electrons. The number of likely N-dealkylation sites (tertiary alicyclic amines) is 1. The van der Waals surface area contributed by atoms with Gasteiger partial charge < -0.3 is 10.0 Å². The van der Waals surface area contributed by atoms with Gasteiger partial charge in [-0.15, -0.1) is 0 Å². The van der Waals surface area contributed by atoms with Crippen LogP contribution in [0.4, 0.5) is 0 Å². The maximum atomic E-state index is 12.2.